The van der Waals surface area contributed by atoms with Crippen LogP contribution in [0.2, 0.25) is 0 Å². The molecule has 0 atom stereocenters. The molecular weight excluding hydrogens is 398 g/mol. The van der Waals surface area contributed by atoms with Crippen LogP contribution in [-0.2, 0) is 11.3 Å². The van der Waals surface area contributed by atoms with Gasteiger partial charge in [-0.05, 0) is 37.3 Å². The van der Waals surface area contributed by atoms with Crippen molar-refractivity contribution in [3.05, 3.63) is 66.2 Å². The minimum absolute atomic E-state index is 0.246. The molecule has 0 unspecified atom stereocenters. The molecule has 3 heterocycles. The predicted molar refractivity (Wildman–Crippen MR) is 111 cm³/mol. The molecular formula is C22H19N5O4. The molecule has 31 heavy (non-hydrogen) atoms. The van der Waals surface area contributed by atoms with Crippen molar-refractivity contribution in [2.45, 2.75) is 13.5 Å². The molecule has 0 saturated carbocycles. The van der Waals surface area contributed by atoms with Crippen LogP contribution >= 0.6 is 0 Å². The molecule has 0 bridgehead atoms. The number of methoxy groups -OCH3 is 1. The minimum Gasteiger partial charge on any atom is -0.497 e. The van der Waals surface area contributed by atoms with E-state index in [2.05, 4.69) is 15.2 Å². The van der Waals surface area contributed by atoms with E-state index in [4.69, 9.17) is 14.2 Å². The van der Waals surface area contributed by atoms with Crippen LogP contribution in [0, 0.1) is 0 Å². The van der Waals surface area contributed by atoms with Gasteiger partial charge in [0.1, 0.15) is 17.8 Å². The van der Waals surface area contributed by atoms with Crippen LogP contribution in [0.5, 0.6) is 17.5 Å². The molecule has 0 spiro atoms. The number of benzene rings is 2. The molecule has 5 rings (SSSR count). The Labute approximate surface area is 177 Å². The topological polar surface area (TPSA) is 93.3 Å². The van der Waals surface area contributed by atoms with E-state index in [1.165, 1.54) is 0 Å². The summed E-state index contributed by atoms with van der Waals surface area (Å²) in [6.45, 7) is 2.30. The number of esters is 1. The standard InChI is InChI=1S/C22H19N5O4/c1-3-30-21(28)19-18-12-26-20(24-25-22(26)31-14-7-5-4-6-8-14)16-11-15(29-2)9-10-17(16)27(18)13-23-19/h4-11,13H,3,12H2,1-2H3. The summed E-state index contributed by atoms with van der Waals surface area (Å²) in [6.07, 6.45) is 1.62. The van der Waals surface area contributed by atoms with Crippen LogP contribution in [-0.4, -0.2) is 44.0 Å². The van der Waals surface area contributed by atoms with E-state index in [1.807, 2.05) is 57.7 Å². The number of hydrogen-bond donors (Lipinski definition) is 0. The van der Waals surface area contributed by atoms with Gasteiger partial charge in [0.05, 0.1) is 31.6 Å². The Hall–Kier alpha value is -4.14. The van der Waals surface area contributed by atoms with Gasteiger partial charge in [0.15, 0.2) is 11.5 Å². The van der Waals surface area contributed by atoms with Crippen LogP contribution in [0.25, 0.3) is 17.1 Å². The highest BCUT2D eigenvalue weighted by atomic mass is 16.5. The van der Waals surface area contributed by atoms with Gasteiger partial charge >= 0.3 is 12.0 Å². The molecule has 0 amide bonds. The number of para-hydroxylation sites is 1. The third-order valence-electron chi connectivity index (χ3n) is 5.02. The maximum absolute atomic E-state index is 12.5. The molecule has 0 fully saturated rings. The Morgan fingerprint density at radius 3 is 2.71 bits per heavy atom. The zero-order chi connectivity index (χ0) is 21.4. The Kier molecular flexibility index (Phi) is 4.62. The predicted octanol–water partition coefficient (Wildman–Crippen LogP) is 3.47. The number of fused-ring (bicyclic) bond motifs is 5. The fraction of sp³-hybridized carbons (Fsp3) is 0.182. The molecule has 9 nitrogen and oxygen atoms in total. The highest BCUT2D eigenvalue weighted by Crippen LogP contribution is 2.36. The van der Waals surface area contributed by atoms with Crippen LogP contribution < -0.4 is 9.47 Å². The molecule has 1 aliphatic rings. The van der Waals surface area contributed by atoms with E-state index in [0.717, 1.165) is 11.3 Å². The first-order valence-corrected chi connectivity index (χ1v) is 9.77. The summed E-state index contributed by atoms with van der Waals surface area (Å²) in [7, 11) is 1.61. The fourth-order valence-corrected chi connectivity index (χ4v) is 3.58. The SMILES string of the molecule is CCOC(=O)c1ncn2c1Cn1c(Oc3ccccc3)nnc1-c1cc(OC)ccc1-2. The first-order chi connectivity index (χ1) is 15.2. The quantitative estimate of drug-likeness (QED) is 0.404. The smallest absolute Gasteiger partial charge is 0.358 e. The molecule has 9 heteroatoms. The average Bonchev–Trinajstić information content (AvgIpc) is 3.36. The summed E-state index contributed by atoms with van der Waals surface area (Å²) in [4.78, 5) is 16.9. The maximum Gasteiger partial charge on any atom is 0.358 e. The summed E-state index contributed by atoms with van der Waals surface area (Å²) >= 11 is 0. The molecule has 2 aromatic heterocycles. The van der Waals surface area contributed by atoms with Gasteiger partial charge in [0.25, 0.3) is 0 Å². The Bertz CT molecular complexity index is 1260. The van der Waals surface area contributed by atoms with Crippen molar-refractivity contribution in [2.24, 2.45) is 0 Å². The zero-order valence-corrected chi connectivity index (χ0v) is 17.0. The molecule has 2 aromatic carbocycles. The number of hydrogen-bond acceptors (Lipinski definition) is 7. The number of imidazole rings is 1. The van der Waals surface area contributed by atoms with Crippen molar-refractivity contribution in [2.75, 3.05) is 13.7 Å². The van der Waals surface area contributed by atoms with Crippen LogP contribution in [0.15, 0.2) is 54.9 Å². The second-order valence-corrected chi connectivity index (χ2v) is 6.82. The maximum atomic E-state index is 12.5. The lowest BCUT2D eigenvalue weighted by molar-refractivity contribution is 0.0518. The van der Waals surface area contributed by atoms with Crippen molar-refractivity contribution < 1.29 is 19.0 Å². The van der Waals surface area contributed by atoms with Crippen molar-refractivity contribution in [3.8, 4) is 34.6 Å². The molecule has 4 aromatic rings. The minimum atomic E-state index is -0.478. The first kappa shape index (κ1) is 18.9. The van der Waals surface area contributed by atoms with E-state index in [9.17, 15) is 4.79 Å². The van der Waals surface area contributed by atoms with Crippen molar-refractivity contribution in [1.82, 2.24) is 24.3 Å². The third kappa shape index (κ3) is 3.20. The number of rotatable bonds is 5. The number of ether oxygens (including phenoxy) is 3. The van der Waals surface area contributed by atoms with Gasteiger partial charge in [0.2, 0.25) is 0 Å². The lowest BCUT2D eigenvalue weighted by atomic mass is 10.1. The zero-order valence-electron chi connectivity index (χ0n) is 17.0. The summed E-state index contributed by atoms with van der Waals surface area (Å²) in [5, 5.41) is 8.65. The number of carbonyl (C=O) groups excluding carboxylic acids is 1. The molecule has 0 aliphatic carbocycles. The fourth-order valence-electron chi connectivity index (χ4n) is 3.58. The highest BCUT2D eigenvalue weighted by molar-refractivity contribution is 5.89. The lowest BCUT2D eigenvalue weighted by Gasteiger charge is -2.10. The summed E-state index contributed by atoms with van der Waals surface area (Å²) in [5.41, 5.74) is 2.48. The van der Waals surface area contributed by atoms with Gasteiger partial charge in [-0.2, -0.15) is 0 Å². The van der Waals surface area contributed by atoms with Crippen LogP contribution in [0.1, 0.15) is 23.1 Å². The normalized spacial score (nSPS) is 11.7. The van der Waals surface area contributed by atoms with E-state index >= 15 is 0 Å². The Morgan fingerprint density at radius 2 is 1.94 bits per heavy atom. The molecule has 0 saturated heterocycles. The number of nitrogens with zero attached hydrogens (tertiary/aromatic N) is 5. The molecule has 1 aliphatic heterocycles. The third-order valence-corrected chi connectivity index (χ3v) is 5.02. The first-order valence-electron chi connectivity index (χ1n) is 9.77. The lowest BCUT2D eigenvalue weighted by Crippen LogP contribution is -2.12. The summed E-state index contributed by atoms with van der Waals surface area (Å²) < 4.78 is 20.3. The average molecular weight is 417 g/mol. The Morgan fingerprint density at radius 1 is 1.10 bits per heavy atom. The van der Waals surface area contributed by atoms with Gasteiger partial charge in [-0.3, -0.25) is 9.13 Å². The van der Waals surface area contributed by atoms with Crippen molar-refractivity contribution in [1.29, 1.82) is 0 Å². The van der Waals surface area contributed by atoms with Crippen LogP contribution in [0.3, 0.4) is 0 Å². The second-order valence-electron chi connectivity index (χ2n) is 6.82. The molecule has 0 radical (unpaired) electrons. The second kappa shape index (κ2) is 7.60. The summed E-state index contributed by atoms with van der Waals surface area (Å²) in [5.74, 6) is 1.42. The number of aromatic nitrogens is 5. The van der Waals surface area contributed by atoms with Crippen molar-refractivity contribution in [3.63, 3.8) is 0 Å². The van der Waals surface area contributed by atoms with E-state index < -0.39 is 5.97 Å². The van der Waals surface area contributed by atoms with Crippen molar-refractivity contribution >= 4 is 5.97 Å². The number of carbonyl (C=O) groups is 1. The Balaban J connectivity index is 1.70. The monoisotopic (exact) mass is 417 g/mol. The summed E-state index contributed by atoms with van der Waals surface area (Å²) in [6, 6.07) is 15.3. The van der Waals surface area contributed by atoms with E-state index in [0.29, 0.717) is 29.0 Å². The molecule has 156 valence electrons. The molecule has 0 N–H and O–H groups in total. The van der Waals surface area contributed by atoms with Gasteiger partial charge in [-0.1, -0.05) is 23.3 Å². The van der Waals surface area contributed by atoms with Gasteiger partial charge in [0, 0.05) is 5.56 Å². The van der Waals surface area contributed by atoms with Gasteiger partial charge < -0.3 is 14.2 Å². The van der Waals surface area contributed by atoms with E-state index in [-0.39, 0.29) is 18.8 Å². The highest BCUT2D eigenvalue weighted by Gasteiger charge is 2.29. The van der Waals surface area contributed by atoms with Gasteiger partial charge in [-0.15, -0.1) is 5.10 Å². The van der Waals surface area contributed by atoms with E-state index in [1.54, 1.807) is 20.4 Å². The largest absolute Gasteiger partial charge is 0.497 e. The van der Waals surface area contributed by atoms with Crippen LogP contribution in [0.4, 0.5) is 0 Å². The van der Waals surface area contributed by atoms with Gasteiger partial charge in [-0.25, -0.2) is 9.78 Å².